The van der Waals surface area contributed by atoms with Crippen molar-refractivity contribution in [2.75, 3.05) is 18.0 Å². The lowest BCUT2D eigenvalue weighted by molar-refractivity contribution is 1.08. The fourth-order valence-corrected chi connectivity index (χ4v) is 1.93. The summed E-state index contributed by atoms with van der Waals surface area (Å²) >= 11 is 5.83. The second-order valence-electron chi connectivity index (χ2n) is 3.46. The molecule has 2 aromatic rings. The van der Waals surface area contributed by atoms with Gasteiger partial charge in [0.25, 0.3) is 0 Å². The van der Waals surface area contributed by atoms with Crippen LogP contribution in [0.15, 0.2) is 24.3 Å². The van der Waals surface area contributed by atoms with Crippen LogP contribution in [-0.4, -0.2) is 18.0 Å². The number of hydrogen-bond acceptors (Lipinski definition) is 1. The zero-order valence-electron chi connectivity index (χ0n) is 8.34. The van der Waals surface area contributed by atoms with Crippen molar-refractivity contribution in [3.63, 3.8) is 0 Å². The van der Waals surface area contributed by atoms with Gasteiger partial charge < -0.3 is 9.88 Å². The van der Waals surface area contributed by atoms with Crippen molar-refractivity contribution in [3.8, 4) is 0 Å². The van der Waals surface area contributed by atoms with Crippen LogP contribution in [0, 0.1) is 6.92 Å². The maximum Gasteiger partial charge on any atom is 0.0926 e. The summed E-state index contributed by atoms with van der Waals surface area (Å²) in [5.74, 6) is 0. The average Bonchev–Trinajstić information content (AvgIpc) is 2.53. The molecule has 0 radical (unpaired) electrons. The Balaban J connectivity index is 2.67. The van der Waals surface area contributed by atoms with E-state index in [1.54, 1.807) is 0 Å². The van der Waals surface area contributed by atoms with E-state index >= 15 is 0 Å². The Kier molecular flexibility index (Phi) is 2.38. The number of nitrogens with one attached hydrogen (secondary N) is 1. The highest BCUT2D eigenvalue weighted by molar-refractivity contribution is 6.19. The van der Waals surface area contributed by atoms with Gasteiger partial charge in [0.05, 0.1) is 11.7 Å². The third-order valence-electron chi connectivity index (χ3n) is 2.42. The Labute approximate surface area is 88.5 Å². The van der Waals surface area contributed by atoms with Gasteiger partial charge in [-0.3, -0.25) is 0 Å². The Bertz CT molecular complexity index is 447. The summed E-state index contributed by atoms with van der Waals surface area (Å²) in [7, 11) is 2.00. The van der Waals surface area contributed by atoms with E-state index < -0.39 is 0 Å². The first-order chi connectivity index (χ1) is 6.74. The van der Waals surface area contributed by atoms with E-state index in [9.17, 15) is 0 Å². The average molecular weight is 209 g/mol. The van der Waals surface area contributed by atoms with Crippen LogP contribution >= 0.6 is 11.6 Å². The lowest BCUT2D eigenvalue weighted by Gasteiger charge is -2.15. The van der Waals surface area contributed by atoms with Gasteiger partial charge in [-0.05, 0) is 13.0 Å². The Hall–Kier alpha value is -1.15. The van der Waals surface area contributed by atoms with E-state index in [0.29, 0.717) is 6.00 Å². The van der Waals surface area contributed by atoms with Crippen LogP contribution in [0.4, 0.5) is 5.69 Å². The largest absolute Gasteiger partial charge is 0.359 e. The van der Waals surface area contributed by atoms with Crippen molar-refractivity contribution in [3.05, 3.63) is 30.0 Å². The van der Waals surface area contributed by atoms with Gasteiger partial charge in [0.15, 0.2) is 0 Å². The highest BCUT2D eigenvalue weighted by atomic mass is 35.5. The Morgan fingerprint density at radius 3 is 2.79 bits per heavy atom. The van der Waals surface area contributed by atoms with Crippen molar-refractivity contribution in [1.82, 2.24) is 4.98 Å². The summed E-state index contributed by atoms with van der Waals surface area (Å²) in [6, 6.07) is 8.76. The molecule has 1 N–H and O–H groups in total. The van der Waals surface area contributed by atoms with Gasteiger partial charge in [-0.25, -0.2) is 0 Å². The fourth-order valence-electron chi connectivity index (χ4n) is 1.81. The highest BCUT2D eigenvalue weighted by Gasteiger charge is 2.10. The van der Waals surface area contributed by atoms with Crippen LogP contribution < -0.4 is 4.90 Å². The van der Waals surface area contributed by atoms with E-state index in [2.05, 4.69) is 24.0 Å². The minimum absolute atomic E-state index is 0.503. The third kappa shape index (κ3) is 1.36. The molecule has 1 heterocycles. The van der Waals surface area contributed by atoms with E-state index in [-0.39, 0.29) is 0 Å². The molecule has 2 nitrogen and oxygen atoms in total. The number of nitrogens with zero attached hydrogens (tertiary/aromatic N) is 1. The molecule has 0 aliphatic carbocycles. The predicted octanol–water partition coefficient (Wildman–Crippen LogP) is 3.11. The Morgan fingerprint density at radius 1 is 1.36 bits per heavy atom. The number of anilines is 1. The van der Waals surface area contributed by atoms with Crippen LogP contribution in [-0.2, 0) is 0 Å². The van der Waals surface area contributed by atoms with E-state index in [1.807, 2.05) is 24.1 Å². The zero-order valence-corrected chi connectivity index (χ0v) is 9.10. The number of aromatic nitrogens is 1. The first kappa shape index (κ1) is 9.41. The molecule has 0 amide bonds. The van der Waals surface area contributed by atoms with Crippen molar-refractivity contribution < 1.29 is 0 Å². The van der Waals surface area contributed by atoms with Gasteiger partial charge in [-0.15, -0.1) is 11.6 Å². The molecule has 0 aliphatic rings. The van der Waals surface area contributed by atoms with Crippen molar-refractivity contribution in [2.45, 2.75) is 6.92 Å². The highest BCUT2D eigenvalue weighted by Crippen LogP contribution is 2.29. The number of alkyl halides is 1. The molecule has 0 unspecified atom stereocenters. The van der Waals surface area contributed by atoms with Crippen LogP contribution in [0.3, 0.4) is 0 Å². The number of hydrogen-bond donors (Lipinski definition) is 1. The molecule has 14 heavy (non-hydrogen) atoms. The number of aromatic amines is 1. The van der Waals surface area contributed by atoms with Crippen molar-refractivity contribution >= 4 is 28.2 Å². The van der Waals surface area contributed by atoms with Gasteiger partial charge in [0.2, 0.25) is 0 Å². The predicted molar refractivity (Wildman–Crippen MR) is 62.2 cm³/mol. The first-order valence-corrected chi connectivity index (χ1v) is 5.12. The molecule has 2 rings (SSSR count). The molecule has 0 atom stereocenters. The summed E-state index contributed by atoms with van der Waals surface area (Å²) in [5.41, 5.74) is 3.52. The van der Waals surface area contributed by atoms with Gasteiger partial charge >= 0.3 is 0 Å². The van der Waals surface area contributed by atoms with E-state index in [1.165, 1.54) is 11.1 Å². The topological polar surface area (TPSA) is 19.0 Å². The maximum absolute atomic E-state index is 5.83. The SMILES string of the molecule is Cc1[nH]c2ccccc2c1N(C)CCl. The third-order valence-corrected chi connectivity index (χ3v) is 2.78. The standard InChI is InChI=1S/C11H13ClN2/c1-8-11(14(2)7-12)9-5-3-4-6-10(9)13-8/h3-6,13H,7H2,1-2H3. The molecule has 3 heteroatoms. The lowest BCUT2D eigenvalue weighted by Crippen LogP contribution is -2.14. The van der Waals surface area contributed by atoms with Crippen molar-refractivity contribution in [1.29, 1.82) is 0 Å². The number of benzene rings is 1. The molecular formula is C11H13ClN2. The first-order valence-electron chi connectivity index (χ1n) is 4.58. The van der Waals surface area contributed by atoms with Gasteiger partial charge in [0, 0.05) is 23.6 Å². The molecule has 0 spiro atoms. The molecule has 0 saturated heterocycles. The molecule has 0 aliphatic heterocycles. The number of halogens is 1. The molecule has 0 bridgehead atoms. The molecule has 1 aromatic carbocycles. The normalized spacial score (nSPS) is 10.8. The molecular weight excluding hydrogens is 196 g/mol. The maximum atomic E-state index is 5.83. The number of aryl methyl sites for hydroxylation is 1. The summed E-state index contributed by atoms with van der Waals surface area (Å²) in [4.78, 5) is 5.38. The van der Waals surface area contributed by atoms with E-state index in [0.717, 1.165) is 11.2 Å². The summed E-state index contributed by atoms with van der Waals surface area (Å²) < 4.78 is 0. The minimum Gasteiger partial charge on any atom is -0.359 e. The zero-order chi connectivity index (χ0) is 10.1. The second-order valence-corrected chi connectivity index (χ2v) is 3.70. The monoisotopic (exact) mass is 208 g/mol. The van der Waals surface area contributed by atoms with Gasteiger partial charge in [0.1, 0.15) is 0 Å². The number of H-pyrrole nitrogens is 1. The second kappa shape index (κ2) is 3.54. The van der Waals surface area contributed by atoms with E-state index in [4.69, 9.17) is 11.6 Å². The van der Waals surface area contributed by atoms with Crippen LogP contribution in [0.1, 0.15) is 5.69 Å². The molecule has 74 valence electrons. The Morgan fingerprint density at radius 2 is 2.07 bits per heavy atom. The molecule has 1 aromatic heterocycles. The van der Waals surface area contributed by atoms with Crippen LogP contribution in [0.2, 0.25) is 0 Å². The number of para-hydroxylation sites is 1. The lowest BCUT2D eigenvalue weighted by atomic mass is 10.2. The number of fused-ring (bicyclic) bond motifs is 1. The molecule has 0 fully saturated rings. The molecule has 0 saturated carbocycles. The summed E-state index contributed by atoms with van der Waals surface area (Å²) in [5, 5.41) is 1.23. The van der Waals surface area contributed by atoms with Gasteiger partial charge in [-0.2, -0.15) is 0 Å². The fraction of sp³-hybridized carbons (Fsp3) is 0.273. The summed E-state index contributed by atoms with van der Waals surface area (Å²) in [6.07, 6.45) is 0. The van der Waals surface area contributed by atoms with Crippen LogP contribution in [0.25, 0.3) is 10.9 Å². The number of rotatable bonds is 2. The van der Waals surface area contributed by atoms with Crippen molar-refractivity contribution in [2.24, 2.45) is 0 Å². The smallest absolute Gasteiger partial charge is 0.0926 e. The van der Waals surface area contributed by atoms with Crippen LogP contribution in [0.5, 0.6) is 0 Å². The summed E-state index contributed by atoms with van der Waals surface area (Å²) in [6.45, 7) is 2.07. The van der Waals surface area contributed by atoms with Gasteiger partial charge in [-0.1, -0.05) is 18.2 Å². The minimum atomic E-state index is 0.503. The quantitative estimate of drug-likeness (QED) is 0.594.